The van der Waals surface area contributed by atoms with E-state index in [1.54, 1.807) is 22.1 Å². The fourth-order valence-corrected chi connectivity index (χ4v) is 5.08. The Morgan fingerprint density at radius 2 is 2.13 bits per heavy atom. The second kappa shape index (κ2) is 8.18. The first-order valence-electron chi connectivity index (χ1n) is 10.3. The lowest BCUT2D eigenvalue weighted by molar-refractivity contribution is -0.134. The summed E-state index contributed by atoms with van der Waals surface area (Å²) in [6.45, 7) is 7.08. The molecule has 0 radical (unpaired) electrons. The highest BCUT2D eigenvalue weighted by molar-refractivity contribution is 7.10. The van der Waals surface area contributed by atoms with Crippen LogP contribution >= 0.6 is 11.3 Å². The van der Waals surface area contributed by atoms with E-state index >= 15 is 0 Å². The van der Waals surface area contributed by atoms with Gasteiger partial charge in [0.25, 0.3) is 5.91 Å². The maximum atomic E-state index is 13.3. The Morgan fingerprint density at radius 1 is 1.33 bits per heavy atom. The van der Waals surface area contributed by atoms with Gasteiger partial charge < -0.3 is 10.2 Å². The number of hydrogen-bond donors (Lipinski definition) is 1. The third kappa shape index (κ3) is 3.71. The molecule has 158 valence electrons. The van der Waals surface area contributed by atoms with Gasteiger partial charge in [0.1, 0.15) is 6.04 Å². The average Bonchev–Trinajstić information content (AvgIpc) is 3.30. The van der Waals surface area contributed by atoms with Crippen molar-refractivity contribution in [2.24, 2.45) is 7.05 Å². The zero-order valence-corrected chi connectivity index (χ0v) is 18.7. The lowest BCUT2D eigenvalue weighted by Crippen LogP contribution is -2.49. The van der Waals surface area contributed by atoms with Crippen LogP contribution in [0.5, 0.6) is 0 Å². The molecule has 4 heterocycles. The van der Waals surface area contributed by atoms with Gasteiger partial charge in [0.05, 0.1) is 16.6 Å². The molecular weight excluding hydrogens is 398 g/mol. The molecule has 0 saturated carbocycles. The normalized spacial score (nSPS) is 14.6. The average molecular weight is 426 g/mol. The van der Waals surface area contributed by atoms with Gasteiger partial charge in [-0.25, -0.2) is 4.98 Å². The molecule has 0 saturated heterocycles. The zero-order chi connectivity index (χ0) is 21.4. The topological polar surface area (TPSA) is 80.1 Å². The number of rotatable bonds is 5. The molecule has 1 atom stereocenters. The molecule has 3 aromatic rings. The van der Waals surface area contributed by atoms with Crippen molar-refractivity contribution in [2.75, 3.05) is 6.54 Å². The van der Waals surface area contributed by atoms with E-state index in [1.165, 1.54) is 10.4 Å². The Hall–Kier alpha value is -2.74. The molecular formula is C22H27N5O2S. The van der Waals surface area contributed by atoms with Gasteiger partial charge in [-0.3, -0.25) is 14.3 Å². The van der Waals surface area contributed by atoms with Crippen LogP contribution < -0.4 is 5.32 Å². The Morgan fingerprint density at radius 3 is 2.90 bits per heavy atom. The summed E-state index contributed by atoms with van der Waals surface area (Å²) in [6.07, 6.45) is 2.30. The summed E-state index contributed by atoms with van der Waals surface area (Å²) < 4.78 is 1.69. The largest absolute Gasteiger partial charge is 0.340 e. The summed E-state index contributed by atoms with van der Waals surface area (Å²) in [5.74, 6) is -0.256. The molecule has 0 spiro atoms. The molecule has 30 heavy (non-hydrogen) atoms. The van der Waals surface area contributed by atoms with Crippen LogP contribution in [0.15, 0.2) is 17.5 Å². The SMILES string of the molecule is CCCC(NC(=O)c1cc(C)nc2c1c(C)nn2C)C(=O)N1CCc2sccc2C1. The highest BCUT2D eigenvalue weighted by Gasteiger charge is 2.29. The van der Waals surface area contributed by atoms with Crippen molar-refractivity contribution in [3.05, 3.63) is 44.9 Å². The summed E-state index contributed by atoms with van der Waals surface area (Å²) >= 11 is 1.75. The fraction of sp³-hybridized carbons (Fsp3) is 0.455. The molecule has 1 aliphatic rings. The smallest absolute Gasteiger partial charge is 0.252 e. The minimum atomic E-state index is -0.539. The minimum absolute atomic E-state index is 0.00743. The molecule has 0 bridgehead atoms. The Labute approximate surface area is 180 Å². The number of carbonyl (C=O) groups excluding carboxylic acids is 2. The number of pyridine rings is 1. The number of thiophene rings is 1. The van der Waals surface area contributed by atoms with Crippen molar-refractivity contribution in [1.82, 2.24) is 25.0 Å². The zero-order valence-electron chi connectivity index (χ0n) is 17.9. The van der Waals surface area contributed by atoms with Gasteiger partial charge in [-0.15, -0.1) is 11.3 Å². The number of amides is 2. The molecule has 1 aliphatic heterocycles. The van der Waals surface area contributed by atoms with Crippen LogP contribution in [-0.4, -0.2) is 44.1 Å². The fourth-order valence-electron chi connectivity index (χ4n) is 4.19. The maximum Gasteiger partial charge on any atom is 0.252 e. The molecule has 0 fully saturated rings. The molecule has 0 aliphatic carbocycles. The summed E-state index contributed by atoms with van der Waals surface area (Å²) in [5, 5.41) is 10.2. The lowest BCUT2D eigenvalue weighted by atomic mass is 10.0. The number of fused-ring (bicyclic) bond motifs is 2. The Bertz CT molecular complexity index is 1120. The highest BCUT2D eigenvalue weighted by Crippen LogP contribution is 2.25. The molecule has 2 amide bonds. The molecule has 7 nitrogen and oxygen atoms in total. The Kier molecular flexibility index (Phi) is 5.60. The Balaban J connectivity index is 1.59. The highest BCUT2D eigenvalue weighted by atomic mass is 32.1. The van der Waals surface area contributed by atoms with E-state index in [4.69, 9.17) is 0 Å². The summed E-state index contributed by atoms with van der Waals surface area (Å²) in [6, 6.07) is 3.33. The molecule has 3 aromatic heterocycles. The number of aromatic nitrogens is 3. The molecule has 1 N–H and O–H groups in total. The van der Waals surface area contributed by atoms with E-state index in [2.05, 4.69) is 26.8 Å². The van der Waals surface area contributed by atoms with Gasteiger partial charge in [-0.05, 0) is 49.8 Å². The predicted molar refractivity (Wildman–Crippen MR) is 118 cm³/mol. The van der Waals surface area contributed by atoms with Crippen molar-refractivity contribution < 1.29 is 9.59 Å². The summed E-state index contributed by atoms with van der Waals surface area (Å²) in [4.78, 5) is 34.3. The second-order valence-corrected chi connectivity index (χ2v) is 8.91. The monoisotopic (exact) mass is 425 g/mol. The summed E-state index contributed by atoms with van der Waals surface area (Å²) in [7, 11) is 1.82. The second-order valence-electron chi connectivity index (χ2n) is 7.91. The van der Waals surface area contributed by atoms with Crippen molar-refractivity contribution in [1.29, 1.82) is 0 Å². The van der Waals surface area contributed by atoms with Crippen LogP contribution in [0.2, 0.25) is 0 Å². The molecule has 1 unspecified atom stereocenters. The van der Waals surface area contributed by atoms with Gasteiger partial charge >= 0.3 is 0 Å². The first kappa shape index (κ1) is 20.5. The first-order valence-corrected chi connectivity index (χ1v) is 11.2. The van der Waals surface area contributed by atoms with Crippen LogP contribution in [0.3, 0.4) is 0 Å². The van der Waals surface area contributed by atoms with Gasteiger partial charge in [-0.2, -0.15) is 5.10 Å². The van der Waals surface area contributed by atoms with Gasteiger partial charge in [0, 0.05) is 30.7 Å². The van der Waals surface area contributed by atoms with E-state index < -0.39 is 6.04 Å². The lowest BCUT2D eigenvalue weighted by Gasteiger charge is -2.31. The standard InChI is InChI=1S/C22H27N5O2S/c1-5-6-17(22(29)27-9-7-18-15(12-27)8-10-30-18)24-21(28)16-11-13(2)23-20-19(16)14(3)25-26(20)4/h8,10-11,17H,5-7,9,12H2,1-4H3,(H,24,28). The quantitative estimate of drug-likeness (QED) is 0.681. The van der Waals surface area contributed by atoms with E-state index in [0.717, 1.165) is 29.6 Å². The van der Waals surface area contributed by atoms with Crippen molar-refractivity contribution in [3.8, 4) is 0 Å². The van der Waals surface area contributed by atoms with Crippen molar-refractivity contribution >= 4 is 34.2 Å². The van der Waals surface area contributed by atoms with Gasteiger partial charge in [-0.1, -0.05) is 13.3 Å². The summed E-state index contributed by atoms with van der Waals surface area (Å²) in [5.41, 5.74) is 3.92. The van der Waals surface area contributed by atoms with E-state index in [9.17, 15) is 9.59 Å². The van der Waals surface area contributed by atoms with E-state index in [-0.39, 0.29) is 11.8 Å². The van der Waals surface area contributed by atoms with Gasteiger partial charge in [0.2, 0.25) is 5.91 Å². The van der Waals surface area contributed by atoms with Crippen LogP contribution in [-0.2, 0) is 24.8 Å². The minimum Gasteiger partial charge on any atom is -0.340 e. The number of hydrogen-bond acceptors (Lipinski definition) is 5. The van der Waals surface area contributed by atoms with Crippen LogP contribution in [0, 0.1) is 13.8 Å². The predicted octanol–water partition coefficient (Wildman–Crippen LogP) is 3.13. The molecule has 4 rings (SSSR count). The third-order valence-corrected chi connectivity index (χ3v) is 6.66. The molecule has 0 aromatic carbocycles. The van der Waals surface area contributed by atoms with E-state index in [1.807, 2.05) is 32.7 Å². The number of nitrogens with one attached hydrogen (secondary N) is 1. The van der Waals surface area contributed by atoms with Crippen molar-refractivity contribution in [3.63, 3.8) is 0 Å². The van der Waals surface area contributed by atoms with Gasteiger partial charge in [0.15, 0.2) is 5.65 Å². The first-order chi connectivity index (χ1) is 14.4. The molecule has 8 heteroatoms. The number of aryl methyl sites for hydroxylation is 3. The van der Waals surface area contributed by atoms with Crippen LogP contribution in [0.25, 0.3) is 11.0 Å². The van der Waals surface area contributed by atoms with Crippen LogP contribution in [0.1, 0.15) is 52.0 Å². The maximum absolute atomic E-state index is 13.3. The van der Waals surface area contributed by atoms with E-state index in [0.29, 0.717) is 30.7 Å². The van der Waals surface area contributed by atoms with Crippen LogP contribution in [0.4, 0.5) is 0 Å². The number of carbonyl (C=O) groups is 2. The number of nitrogens with zero attached hydrogens (tertiary/aromatic N) is 4. The third-order valence-electron chi connectivity index (χ3n) is 5.64. The van der Waals surface area contributed by atoms with Crippen molar-refractivity contribution in [2.45, 2.75) is 52.6 Å².